The highest BCUT2D eigenvalue weighted by Gasteiger charge is 2.19. The van der Waals surface area contributed by atoms with E-state index in [2.05, 4.69) is 4.98 Å². The highest BCUT2D eigenvalue weighted by atomic mass is 16.5. The van der Waals surface area contributed by atoms with Gasteiger partial charge in [-0.25, -0.2) is 9.78 Å². The molecule has 0 radical (unpaired) electrons. The first kappa shape index (κ1) is 13.5. The molecule has 1 unspecified atom stereocenters. The van der Waals surface area contributed by atoms with E-state index >= 15 is 0 Å². The van der Waals surface area contributed by atoms with Crippen LogP contribution in [0.3, 0.4) is 0 Å². The van der Waals surface area contributed by atoms with Crippen molar-refractivity contribution in [3.63, 3.8) is 0 Å². The van der Waals surface area contributed by atoms with E-state index in [1.165, 1.54) is 0 Å². The van der Waals surface area contributed by atoms with Gasteiger partial charge in [-0.05, 0) is 20.3 Å². The summed E-state index contributed by atoms with van der Waals surface area (Å²) in [5.41, 5.74) is 5.60. The van der Waals surface area contributed by atoms with Crippen LogP contribution in [-0.2, 0) is 15.9 Å². The summed E-state index contributed by atoms with van der Waals surface area (Å²) < 4.78 is 15.1. The van der Waals surface area contributed by atoms with Crippen LogP contribution in [-0.4, -0.2) is 30.8 Å². The average molecular weight is 242 g/mol. The molecule has 1 aromatic heterocycles. The minimum atomic E-state index is -0.556. The van der Waals surface area contributed by atoms with Gasteiger partial charge in [0.1, 0.15) is 0 Å². The van der Waals surface area contributed by atoms with E-state index in [4.69, 9.17) is 19.6 Å². The number of nitrogens with two attached hydrogens (primary N) is 1. The minimum absolute atomic E-state index is 0.00326. The molecule has 1 rings (SSSR count). The molecule has 6 nitrogen and oxygen atoms in total. The Morgan fingerprint density at radius 1 is 1.59 bits per heavy atom. The van der Waals surface area contributed by atoms with E-state index in [1.54, 1.807) is 14.0 Å². The van der Waals surface area contributed by atoms with Crippen molar-refractivity contribution in [1.29, 1.82) is 0 Å². The van der Waals surface area contributed by atoms with E-state index < -0.39 is 5.97 Å². The summed E-state index contributed by atoms with van der Waals surface area (Å²) in [5, 5.41) is 0. The summed E-state index contributed by atoms with van der Waals surface area (Å²) in [4.78, 5) is 15.4. The topological polar surface area (TPSA) is 87.6 Å². The van der Waals surface area contributed by atoms with Gasteiger partial charge in [-0.2, -0.15) is 0 Å². The van der Waals surface area contributed by atoms with Crippen molar-refractivity contribution in [2.24, 2.45) is 0 Å². The molecule has 6 heteroatoms. The van der Waals surface area contributed by atoms with Crippen LogP contribution in [0.15, 0.2) is 4.42 Å². The number of methoxy groups -OCH3 is 1. The van der Waals surface area contributed by atoms with Crippen molar-refractivity contribution >= 4 is 11.9 Å². The van der Waals surface area contributed by atoms with E-state index in [0.29, 0.717) is 12.3 Å². The van der Waals surface area contributed by atoms with Gasteiger partial charge in [-0.1, -0.05) is 0 Å². The number of aryl methyl sites for hydroxylation is 1. The number of hydrogen-bond acceptors (Lipinski definition) is 6. The smallest absolute Gasteiger partial charge is 0.362 e. The molecule has 96 valence electrons. The minimum Gasteiger partial charge on any atom is -0.461 e. The Hall–Kier alpha value is -1.56. The van der Waals surface area contributed by atoms with Gasteiger partial charge < -0.3 is 19.6 Å². The van der Waals surface area contributed by atoms with Crippen LogP contribution in [0.5, 0.6) is 0 Å². The quantitative estimate of drug-likeness (QED) is 0.758. The van der Waals surface area contributed by atoms with Crippen LogP contribution in [0.2, 0.25) is 0 Å². The fourth-order valence-electron chi connectivity index (χ4n) is 1.28. The Morgan fingerprint density at radius 3 is 2.88 bits per heavy atom. The maximum absolute atomic E-state index is 11.4. The molecule has 2 N–H and O–H groups in total. The molecule has 0 saturated carbocycles. The largest absolute Gasteiger partial charge is 0.461 e. The molecule has 0 aromatic carbocycles. The number of ether oxygens (including phenoxy) is 2. The van der Waals surface area contributed by atoms with Gasteiger partial charge in [0.15, 0.2) is 5.89 Å². The van der Waals surface area contributed by atoms with Gasteiger partial charge in [0, 0.05) is 13.5 Å². The molecule has 0 aliphatic rings. The molecule has 1 heterocycles. The van der Waals surface area contributed by atoms with Crippen molar-refractivity contribution in [2.45, 2.75) is 32.8 Å². The first-order chi connectivity index (χ1) is 8.08. The maximum Gasteiger partial charge on any atom is 0.362 e. The predicted molar refractivity (Wildman–Crippen MR) is 61.7 cm³/mol. The number of aromatic nitrogens is 1. The molecule has 0 bridgehead atoms. The van der Waals surface area contributed by atoms with Gasteiger partial charge in [-0.3, -0.25) is 0 Å². The molecule has 0 aliphatic carbocycles. The van der Waals surface area contributed by atoms with E-state index in [9.17, 15) is 4.79 Å². The Balaban J connectivity index is 2.64. The van der Waals surface area contributed by atoms with Gasteiger partial charge >= 0.3 is 5.97 Å². The predicted octanol–water partition coefficient (Wildman–Crippen LogP) is 1.40. The van der Waals surface area contributed by atoms with Crippen LogP contribution < -0.4 is 5.73 Å². The Morgan fingerprint density at radius 2 is 2.29 bits per heavy atom. The Labute approximate surface area is 100 Å². The number of carbonyl (C=O) groups is 1. The fraction of sp³-hybridized carbons (Fsp3) is 0.636. The lowest BCUT2D eigenvalue weighted by Gasteiger charge is -2.05. The lowest BCUT2D eigenvalue weighted by atomic mass is 10.2. The zero-order chi connectivity index (χ0) is 12.8. The number of rotatable bonds is 6. The average Bonchev–Trinajstić information content (AvgIpc) is 2.68. The Bertz CT molecular complexity index is 376. The van der Waals surface area contributed by atoms with E-state index in [1.807, 2.05) is 6.92 Å². The van der Waals surface area contributed by atoms with Crippen LogP contribution in [0.25, 0.3) is 0 Å². The maximum atomic E-state index is 11.4. The monoisotopic (exact) mass is 242 g/mol. The highest BCUT2D eigenvalue weighted by molar-refractivity contribution is 5.91. The van der Waals surface area contributed by atoms with Gasteiger partial charge in [0.05, 0.1) is 12.7 Å². The van der Waals surface area contributed by atoms with Crippen molar-refractivity contribution < 1.29 is 18.7 Å². The van der Waals surface area contributed by atoms with Crippen LogP contribution >= 0.6 is 0 Å². The zero-order valence-corrected chi connectivity index (χ0v) is 10.4. The van der Waals surface area contributed by atoms with Crippen molar-refractivity contribution in [3.8, 4) is 0 Å². The third kappa shape index (κ3) is 3.74. The lowest BCUT2D eigenvalue weighted by molar-refractivity contribution is 0.0521. The van der Waals surface area contributed by atoms with Crippen LogP contribution in [0.4, 0.5) is 5.88 Å². The van der Waals surface area contributed by atoms with Gasteiger partial charge in [0.2, 0.25) is 11.6 Å². The third-order valence-electron chi connectivity index (χ3n) is 2.33. The number of carbonyl (C=O) groups excluding carboxylic acids is 1. The summed E-state index contributed by atoms with van der Waals surface area (Å²) in [5.74, 6) is -0.127. The molecular weight excluding hydrogens is 224 g/mol. The summed E-state index contributed by atoms with van der Waals surface area (Å²) in [6.07, 6.45) is 1.42. The van der Waals surface area contributed by atoms with Crippen molar-refractivity contribution in [3.05, 3.63) is 11.6 Å². The molecule has 17 heavy (non-hydrogen) atoms. The van der Waals surface area contributed by atoms with Crippen molar-refractivity contribution in [2.75, 3.05) is 19.5 Å². The molecule has 0 amide bonds. The highest BCUT2D eigenvalue weighted by Crippen LogP contribution is 2.16. The number of anilines is 1. The summed E-state index contributed by atoms with van der Waals surface area (Å²) in [7, 11) is 1.64. The Kier molecular flexibility index (Phi) is 4.96. The molecule has 0 aliphatic heterocycles. The number of nitrogens with zero attached hydrogens (tertiary/aromatic N) is 1. The molecule has 0 saturated heterocycles. The second-order valence-corrected chi connectivity index (χ2v) is 3.63. The third-order valence-corrected chi connectivity index (χ3v) is 2.33. The van der Waals surface area contributed by atoms with E-state index in [0.717, 1.165) is 6.42 Å². The van der Waals surface area contributed by atoms with Crippen LogP contribution in [0, 0.1) is 0 Å². The summed E-state index contributed by atoms with van der Waals surface area (Å²) in [6, 6.07) is 0. The van der Waals surface area contributed by atoms with Gasteiger partial charge in [0.25, 0.3) is 0 Å². The lowest BCUT2D eigenvalue weighted by Crippen LogP contribution is -2.08. The summed E-state index contributed by atoms with van der Waals surface area (Å²) >= 11 is 0. The van der Waals surface area contributed by atoms with E-state index in [-0.39, 0.29) is 24.3 Å². The normalized spacial score (nSPS) is 12.4. The number of esters is 1. The SMILES string of the molecule is CCOC(=O)c1nc(CCC(C)OC)oc1N. The van der Waals surface area contributed by atoms with Crippen molar-refractivity contribution in [1.82, 2.24) is 4.98 Å². The number of hydrogen-bond donors (Lipinski definition) is 1. The standard InChI is InChI=1S/C11H18N2O4/c1-4-16-11(14)9-10(12)17-8(13-9)6-5-7(2)15-3/h7H,4-6,12H2,1-3H3. The first-order valence-electron chi connectivity index (χ1n) is 5.53. The van der Waals surface area contributed by atoms with Crippen LogP contribution in [0.1, 0.15) is 36.6 Å². The fourth-order valence-corrected chi connectivity index (χ4v) is 1.28. The second kappa shape index (κ2) is 6.24. The summed E-state index contributed by atoms with van der Waals surface area (Å²) in [6.45, 7) is 3.94. The zero-order valence-electron chi connectivity index (χ0n) is 10.4. The number of oxazole rings is 1. The first-order valence-corrected chi connectivity index (χ1v) is 5.53. The molecular formula is C11H18N2O4. The molecule has 1 atom stereocenters. The number of nitrogen functional groups attached to an aromatic ring is 1. The molecule has 0 spiro atoms. The molecule has 1 aromatic rings. The second-order valence-electron chi connectivity index (χ2n) is 3.63. The molecule has 0 fully saturated rings. The van der Waals surface area contributed by atoms with Gasteiger partial charge in [-0.15, -0.1) is 0 Å².